The zero-order valence-corrected chi connectivity index (χ0v) is 17.6. The van der Waals surface area contributed by atoms with Crippen LogP contribution in [0.5, 0.6) is 0 Å². The smallest absolute Gasteiger partial charge is 0.111 e. The maximum atomic E-state index is 5.56. The summed E-state index contributed by atoms with van der Waals surface area (Å²) < 4.78 is 31.7. The standard InChI is InChI=1S/C22H34O6/c1-19(17-27-14-12-25-10-8-23-3)21-6-5-7-22(16-21)20(2)18-28-15-13-26-11-9-24-4/h5-7,16-18H,8-15H2,1-4H3/b19-17+,20-18+. The van der Waals surface area contributed by atoms with Crippen molar-refractivity contribution < 1.29 is 28.4 Å². The van der Waals surface area contributed by atoms with Crippen molar-refractivity contribution in [3.05, 3.63) is 47.9 Å². The van der Waals surface area contributed by atoms with E-state index in [-0.39, 0.29) is 0 Å². The Morgan fingerprint density at radius 3 is 1.54 bits per heavy atom. The normalized spacial score (nSPS) is 12.3. The Balaban J connectivity index is 2.42. The highest BCUT2D eigenvalue weighted by molar-refractivity contribution is 5.70. The van der Waals surface area contributed by atoms with E-state index in [2.05, 4.69) is 18.2 Å². The van der Waals surface area contributed by atoms with E-state index in [0.717, 1.165) is 22.3 Å². The fourth-order valence-electron chi connectivity index (χ4n) is 2.22. The molecule has 28 heavy (non-hydrogen) atoms. The van der Waals surface area contributed by atoms with Crippen molar-refractivity contribution in [2.45, 2.75) is 13.8 Å². The largest absolute Gasteiger partial charge is 0.498 e. The maximum absolute atomic E-state index is 5.56. The molecule has 0 unspecified atom stereocenters. The summed E-state index contributed by atoms with van der Waals surface area (Å²) in [6.45, 7) is 8.52. The van der Waals surface area contributed by atoms with E-state index in [9.17, 15) is 0 Å². The molecule has 0 amide bonds. The Labute approximate surface area is 169 Å². The number of rotatable bonds is 16. The Morgan fingerprint density at radius 1 is 0.679 bits per heavy atom. The third kappa shape index (κ3) is 11.1. The lowest BCUT2D eigenvalue weighted by molar-refractivity contribution is 0.0465. The van der Waals surface area contributed by atoms with Gasteiger partial charge in [-0.05, 0) is 42.2 Å². The van der Waals surface area contributed by atoms with Crippen molar-refractivity contribution in [3.8, 4) is 0 Å². The molecule has 1 aromatic rings. The predicted octanol–water partition coefficient (Wildman–Crippen LogP) is 3.77. The van der Waals surface area contributed by atoms with Gasteiger partial charge in [-0.3, -0.25) is 0 Å². The molecule has 1 aromatic carbocycles. The van der Waals surface area contributed by atoms with Crippen molar-refractivity contribution in [3.63, 3.8) is 0 Å². The summed E-state index contributed by atoms with van der Waals surface area (Å²) in [6, 6.07) is 8.27. The van der Waals surface area contributed by atoms with Gasteiger partial charge in [0, 0.05) is 14.2 Å². The summed E-state index contributed by atoms with van der Waals surface area (Å²) in [5.41, 5.74) is 4.32. The Morgan fingerprint density at radius 2 is 1.11 bits per heavy atom. The van der Waals surface area contributed by atoms with Gasteiger partial charge in [0.1, 0.15) is 13.2 Å². The lowest BCUT2D eigenvalue weighted by Crippen LogP contribution is -2.06. The summed E-state index contributed by atoms with van der Waals surface area (Å²) in [6.07, 6.45) is 3.54. The van der Waals surface area contributed by atoms with Gasteiger partial charge in [-0.25, -0.2) is 0 Å². The van der Waals surface area contributed by atoms with Gasteiger partial charge in [0.25, 0.3) is 0 Å². The fourth-order valence-corrected chi connectivity index (χ4v) is 2.22. The van der Waals surface area contributed by atoms with E-state index in [1.807, 2.05) is 19.9 Å². The molecule has 0 spiro atoms. The third-order valence-electron chi connectivity index (χ3n) is 3.85. The lowest BCUT2D eigenvalue weighted by atomic mass is 10.0. The minimum Gasteiger partial charge on any atom is -0.498 e. The minimum atomic E-state index is 0.514. The topological polar surface area (TPSA) is 55.4 Å². The molecule has 0 aliphatic carbocycles. The zero-order chi connectivity index (χ0) is 20.5. The first-order chi connectivity index (χ1) is 13.7. The summed E-state index contributed by atoms with van der Waals surface area (Å²) >= 11 is 0. The summed E-state index contributed by atoms with van der Waals surface area (Å²) in [5.74, 6) is 0. The number of ether oxygens (including phenoxy) is 6. The van der Waals surface area contributed by atoms with Crippen LogP contribution < -0.4 is 0 Å². The molecule has 0 fully saturated rings. The van der Waals surface area contributed by atoms with Crippen LogP contribution in [0.2, 0.25) is 0 Å². The Bertz CT molecular complexity index is 535. The number of hydrogen-bond donors (Lipinski definition) is 0. The highest BCUT2D eigenvalue weighted by Crippen LogP contribution is 2.20. The lowest BCUT2D eigenvalue weighted by Gasteiger charge is -2.08. The van der Waals surface area contributed by atoms with E-state index in [0.29, 0.717) is 52.9 Å². The highest BCUT2D eigenvalue weighted by Gasteiger charge is 2.01. The molecule has 0 atom stereocenters. The van der Waals surface area contributed by atoms with Gasteiger partial charge in [-0.15, -0.1) is 0 Å². The molecule has 1 rings (SSSR count). The Hall–Kier alpha value is -1.86. The molecule has 0 aliphatic heterocycles. The maximum Gasteiger partial charge on any atom is 0.111 e. The van der Waals surface area contributed by atoms with Gasteiger partial charge in [0.15, 0.2) is 0 Å². The van der Waals surface area contributed by atoms with Crippen LogP contribution in [0.4, 0.5) is 0 Å². The van der Waals surface area contributed by atoms with Crippen molar-refractivity contribution in [1.29, 1.82) is 0 Å². The summed E-state index contributed by atoms with van der Waals surface area (Å²) in [4.78, 5) is 0. The van der Waals surface area contributed by atoms with Crippen LogP contribution in [0.3, 0.4) is 0 Å². The van der Waals surface area contributed by atoms with Gasteiger partial charge in [-0.2, -0.15) is 0 Å². The highest BCUT2D eigenvalue weighted by atomic mass is 16.5. The van der Waals surface area contributed by atoms with Gasteiger partial charge in [0.05, 0.1) is 52.2 Å². The quantitative estimate of drug-likeness (QED) is 0.314. The zero-order valence-electron chi connectivity index (χ0n) is 17.6. The summed E-state index contributed by atoms with van der Waals surface area (Å²) in [7, 11) is 3.31. The van der Waals surface area contributed by atoms with Crippen LogP contribution in [-0.4, -0.2) is 67.1 Å². The van der Waals surface area contributed by atoms with Gasteiger partial charge in [-0.1, -0.05) is 18.2 Å². The number of allylic oxidation sites excluding steroid dienone is 2. The number of hydrogen-bond acceptors (Lipinski definition) is 6. The second-order valence-electron chi connectivity index (χ2n) is 6.13. The monoisotopic (exact) mass is 394 g/mol. The van der Waals surface area contributed by atoms with Crippen LogP contribution in [0.25, 0.3) is 11.1 Å². The fraction of sp³-hybridized carbons (Fsp3) is 0.545. The molecule has 0 radical (unpaired) electrons. The van der Waals surface area contributed by atoms with Crippen LogP contribution in [0.15, 0.2) is 36.8 Å². The van der Waals surface area contributed by atoms with Gasteiger partial charge >= 0.3 is 0 Å². The third-order valence-corrected chi connectivity index (χ3v) is 3.85. The SMILES string of the molecule is COCCOCCO/C=C(\C)c1cccc(/C(C)=C/OCCOCCOC)c1. The van der Waals surface area contributed by atoms with E-state index >= 15 is 0 Å². The van der Waals surface area contributed by atoms with Crippen LogP contribution in [0.1, 0.15) is 25.0 Å². The molecule has 158 valence electrons. The van der Waals surface area contributed by atoms with Crippen molar-refractivity contribution in [1.82, 2.24) is 0 Å². The van der Waals surface area contributed by atoms with E-state index in [4.69, 9.17) is 28.4 Å². The molecule has 0 bridgehead atoms. The first-order valence-corrected chi connectivity index (χ1v) is 9.50. The molecule has 6 nitrogen and oxygen atoms in total. The van der Waals surface area contributed by atoms with Crippen LogP contribution in [-0.2, 0) is 28.4 Å². The molecule has 6 heteroatoms. The number of benzene rings is 1. The van der Waals surface area contributed by atoms with Crippen molar-refractivity contribution >= 4 is 11.1 Å². The van der Waals surface area contributed by atoms with Gasteiger partial charge in [0.2, 0.25) is 0 Å². The van der Waals surface area contributed by atoms with E-state index in [1.54, 1.807) is 26.7 Å². The van der Waals surface area contributed by atoms with Crippen LogP contribution >= 0.6 is 0 Å². The molecule has 0 saturated heterocycles. The second kappa shape index (κ2) is 16.1. The molecule has 0 aromatic heterocycles. The molecular weight excluding hydrogens is 360 g/mol. The second-order valence-corrected chi connectivity index (χ2v) is 6.13. The molecular formula is C22H34O6. The molecule has 0 N–H and O–H groups in total. The van der Waals surface area contributed by atoms with Crippen LogP contribution in [0, 0.1) is 0 Å². The van der Waals surface area contributed by atoms with Crippen molar-refractivity contribution in [2.75, 3.05) is 67.1 Å². The average molecular weight is 395 g/mol. The minimum absolute atomic E-state index is 0.514. The van der Waals surface area contributed by atoms with E-state index < -0.39 is 0 Å². The number of methoxy groups -OCH3 is 2. The van der Waals surface area contributed by atoms with E-state index in [1.165, 1.54) is 0 Å². The Kier molecular flexibility index (Phi) is 13.9. The summed E-state index contributed by atoms with van der Waals surface area (Å²) in [5, 5.41) is 0. The van der Waals surface area contributed by atoms with Gasteiger partial charge < -0.3 is 28.4 Å². The average Bonchev–Trinajstić information content (AvgIpc) is 2.72. The van der Waals surface area contributed by atoms with Crippen molar-refractivity contribution in [2.24, 2.45) is 0 Å². The predicted molar refractivity (Wildman–Crippen MR) is 111 cm³/mol. The molecule has 0 aliphatic rings. The first kappa shape index (κ1) is 24.2. The molecule has 0 saturated carbocycles. The first-order valence-electron chi connectivity index (χ1n) is 9.50. The molecule has 0 heterocycles.